The van der Waals surface area contributed by atoms with E-state index in [1.165, 1.54) is 21.6 Å². The van der Waals surface area contributed by atoms with Crippen LogP contribution >= 0.6 is 34.7 Å². The SMILES string of the molecule is CCc1c(-c2nnc(SCc3ccc(Cl)cc3)n2CC)csc1C. The molecule has 0 saturated heterocycles. The fourth-order valence-electron chi connectivity index (χ4n) is 2.71. The summed E-state index contributed by atoms with van der Waals surface area (Å²) in [7, 11) is 0. The van der Waals surface area contributed by atoms with Gasteiger partial charge < -0.3 is 4.57 Å². The molecule has 0 bridgehead atoms. The van der Waals surface area contributed by atoms with Crippen LogP contribution in [-0.2, 0) is 18.7 Å². The molecule has 1 aromatic carbocycles. The summed E-state index contributed by atoms with van der Waals surface area (Å²) in [6.45, 7) is 7.38. The Hall–Kier alpha value is -1.30. The molecule has 0 atom stereocenters. The van der Waals surface area contributed by atoms with Gasteiger partial charge in [-0.05, 0) is 43.5 Å². The van der Waals surface area contributed by atoms with Crippen LogP contribution in [0.15, 0.2) is 34.8 Å². The lowest BCUT2D eigenvalue weighted by Gasteiger charge is -2.08. The highest BCUT2D eigenvalue weighted by molar-refractivity contribution is 7.98. The fourth-order valence-corrected chi connectivity index (χ4v) is 4.74. The van der Waals surface area contributed by atoms with Crippen molar-refractivity contribution < 1.29 is 0 Å². The quantitative estimate of drug-likeness (QED) is 0.505. The van der Waals surface area contributed by atoms with E-state index < -0.39 is 0 Å². The van der Waals surface area contributed by atoms with Crippen molar-refractivity contribution in [2.75, 3.05) is 0 Å². The Kier molecular flexibility index (Phi) is 5.64. The van der Waals surface area contributed by atoms with Crippen LogP contribution in [0.25, 0.3) is 11.4 Å². The van der Waals surface area contributed by atoms with Crippen molar-refractivity contribution in [1.82, 2.24) is 14.8 Å². The molecule has 2 aromatic heterocycles. The third-order valence-corrected chi connectivity index (χ3v) is 6.26. The molecule has 0 saturated carbocycles. The van der Waals surface area contributed by atoms with Gasteiger partial charge in [0.1, 0.15) is 0 Å². The number of nitrogens with zero attached hydrogens (tertiary/aromatic N) is 3. The van der Waals surface area contributed by atoms with Crippen molar-refractivity contribution in [3.8, 4) is 11.4 Å². The van der Waals surface area contributed by atoms with Crippen molar-refractivity contribution in [2.24, 2.45) is 0 Å². The van der Waals surface area contributed by atoms with Gasteiger partial charge in [0.15, 0.2) is 11.0 Å². The summed E-state index contributed by atoms with van der Waals surface area (Å²) in [4.78, 5) is 1.37. The van der Waals surface area contributed by atoms with Gasteiger partial charge in [-0.25, -0.2) is 0 Å². The summed E-state index contributed by atoms with van der Waals surface area (Å²) < 4.78 is 2.21. The maximum Gasteiger partial charge on any atom is 0.191 e. The Bertz CT molecular complexity index is 821. The van der Waals surface area contributed by atoms with Gasteiger partial charge in [0.2, 0.25) is 0 Å². The third-order valence-electron chi connectivity index (χ3n) is 4.01. The largest absolute Gasteiger partial charge is 0.302 e. The molecule has 3 aromatic rings. The summed E-state index contributed by atoms with van der Waals surface area (Å²) in [5.74, 6) is 1.84. The molecule has 0 aliphatic carbocycles. The predicted molar refractivity (Wildman–Crippen MR) is 104 cm³/mol. The first kappa shape index (κ1) is 17.5. The molecular formula is C18H20ClN3S2. The second-order valence-electron chi connectivity index (χ2n) is 5.50. The van der Waals surface area contributed by atoms with E-state index in [4.69, 9.17) is 11.6 Å². The van der Waals surface area contributed by atoms with E-state index in [1.807, 2.05) is 12.1 Å². The van der Waals surface area contributed by atoms with Crippen LogP contribution in [0.2, 0.25) is 5.02 Å². The molecule has 0 radical (unpaired) electrons. The summed E-state index contributed by atoms with van der Waals surface area (Å²) in [6, 6.07) is 7.96. The topological polar surface area (TPSA) is 30.7 Å². The molecule has 0 aliphatic rings. The number of aryl methyl sites for hydroxylation is 1. The molecule has 6 heteroatoms. The molecule has 0 amide bonds. The minimum atomic E-state index is 0.766. The molecule has 2 heterocycles. The van der Waals surface area contributed by atoms with Crippen molar-refractivity contribution >= 4 is 34.7 Å². The van der Waals surface area contributed by atoms with E-state index in [9.17, 15) is 0 Å². The zero-order valence-electron chi connectivity index (χ0n) is 14.0. The van der Waals surface area contributed by atoms with Gasteiger partial charge in [-0.1, -0.05) is 42.4 Å². The standard InChI is InChI=1S/C18H20ClN3S2/c1-4-15-12(3)23-11-16(15)17-20-21-18(22(17)5-2)24-10-13-6-8-14(19)9-7-13/h6-9,11H,4-5,10H2,1-3H3. The number of hydrogen-bond acceptors (Lipinski definition) is 4. The first-order valence-corrected chi connectivity index (χ1v) is 10.3. The molecular weight excluding hydrogens is 358 g/mol. The monoisotopic (exact) mass is 377 g/mol. The van der Waals surface area contributed by atoms with Crippen LogP contribution < -0.4 is 0 Å². The molecule has 0 fully saturated rings. The minimum absolute atomic E-state index is 0.766. The van der Waals surface area contributed by atoms with Crippen molar-refractivity contribution in [3.05, 3.63) is 50.7 Å². The Balaban J connectivity index is 1.85. The first-order chi connectivity index (χ1) is 11.6. The highest BCUT2D eigenvalue weighted by Gasteiger charge is 2.17. The minimum Gasteiger partial charge on any atom is -0.302 e. The first-order valence-electron chi connectivity index (χ1n) is 8.01. The molecule has 0 N–H and O–H groups in total. The summed E-state index contributed by atoms with van der Waals surface area (Å²) in [5, 5.41) is 12.9. The lowest BCUT2D eigenvalue weighted by molar-refractivity contribution is 0.687. The van der Waals surface area contributed by atoms with Crippen molar-refractivity contribution in [1.29, 1.82) is 0 Å². The van der Waals surface area contributed by atoms with Crippen LogP contribution in [0.3, 0.4) is 0 Å². The molecule has 24 heavy (non-hydrogen) atoms. The van der Waals surface area contributed by atoms with Crippen LogP contribution in [0.5, 0.6) is 0 Å². The normalized spacial score (nSPS) is 11.2. The summed E-state index contributed by atoms with van der Waals surface area (Å²) >= 11 is 9.45. The van der Waals surface area contributed by atoms with Crippen LogP contribution in [0.4, 0.5) is 0 Å². The molecule has 3 nitrogen and oxygen atoms in total. The van der Waals surface area contributed by atoms with Gasteiger partial charge in [0.25, 0.3) is 0 Å². The van der Waals surface area contributed by atoms with Crippen molar-refractivity contribution in [2.45, 2.75) is 44.6 Å². The molecule has 0 spiro atoms. The molecule has 0 unspecified atom stereocenters. The van der Waals surface area contributed by atoms with E-state index in [2.05, 4.69) is 53.0 Å². The number of hydrogen-bond donors (Lipinski definition) is 0. The van der Waals surface area contributed by atoms with Gasteiger partial charge in [0.05, 0.1) is 0 Å². The second-order valence-corrected chi connectivity index (χ2v) is 7.97. The number of benzene rings is 1. The Morgan fingerprint density at radius 3 is 2.58 bits per heavy atom. The third kappa shape index (κ3) is 3.53. The highest BCUT2D eigenvalue weighted by atomic mass is 35.5. The van der Waals surface area contributed by atoms with Gasteiger partial charge in [-0.3, -0.25) is 0 Å². The van der Waals surface area contributed by atoms with E-state index >= 15 is 0 Å². The average Bonchev–Trinajstić information content (AvgIpc) is 3.16. The smallest absolute Gasteiger partial charge is 0.191 e. The second kappa shape index (κ2) is 7.72. The average molecular weight is 378 g/mol. The fraction of sp³-hybridized carbons (Fsp3) is 0.333. The molecule has 126 valence electrons. The zero-order chi connectivity index (χ0) is 17.1. The zero-order valence-corrected chi connectivity index (χ0v) is 16.4. The van der Waals surface area contributed by atoms with E-state index in [0.29, 0.717) is 0 Å². The lowest BCUT2D eigenvalue weighted by atomic mass is 10.1. The van der Waals surface area contributed by atoms with Gasteiger partial charge in [-0.15, -0.1) is 21.5 Å². The maximum absolute atomic E-state index is 5.95. The maximum atomic E-state index is 5.95. The number of halogens is 1. The van der Waals surface area contributed by atoms with Gasteiger partial charge in [-0.2, -0.15) is 0 Å². The Labute approximate surface area is 156 Å². The number of thioether (sulfide) groups is 1. The van der Waals surface area contributed by atoms with Crippen molar-refractivity contribution in [3.63, 3.8) is 0 Å². The number of aromatic nitrogens is 3. The van der Waals surface area contributed by atoms with Crippen LogP contribution in [0, 0.1) is 6.92 Å². The summed E-state index contributed by atoms with van der Waals surface area (Å²) in [6.07, 6.45) is 1.02. The number of rotatable bonds is 6. The van der Waals surface area contributed by atoms with Gasteiger partial charge >= 0.3 is 0 Å². The number of thiophene rings is 1. The molecule has 0 aliphatic heterocycles. The van der Waals surface area contributed by atoms with E-state index in [-0.39, 0.29) is 0 Å². The Morgan fingerprint density at radius 2 is 1.92 bits per heavy atom. The van der Waals surface area contributed by atoms with Gasteiger partial charge in [0, 0.05) is 33.1 Å². The van der Waals surface area contributed by atoms with E-state index in [1.54, 1.807) is 23.1 Å². The predicted octanol–water partition coefficient (Wildman–Crippen LogP) is 5.84. The Morgan fingerprint density at radius 1 is 1.17 bits per heavy atom. The van der Waals surface area contributed by atoms with Crippen LogP contribution in [-0.4, -0.2) is 14.8 Å². The highest BCUT2D eigenvalue weighted by Crippen LogP contribution is 2.33. The lowest BCUT2D eigenvalue weighted by Crippen LogP contribution is -2.00. The molecule has 3 rings (SSSR count). The summed E-state index contributed by atoms with van der Waals surface area (Å²) in [5.41, 5.74) is 3.85. The van der Waals surface area contributed by atoms with Crippen LogP contribution in [0.1, 0.15) is 29.9 Å². The van der Waals surface area contributed by atoms with E-state index in [0.717, 1.165) is 34.7 Å².